The van der Waals surface area contributed by atoms with Crippen LogP contribution >= 0.6 is 0 Å². The zero-order valence-electron chi connectivity index (χ0n) is 20.9. The fourth-order valence-electron chi connectivity index (χ4n) is 3.50. The molecule has 10 heteroatoms. The molecule has 0 aromatic heterocycles. The van der Waals surface area contributed by atoms with Crippen molar-refractivity contribution in [2.24, 2.45) is 0 Å². The summed E-state index contributed by atoms with van der Waals surface area (Å²) in [5.41, 5.74) is 1.57. The molecule has 0 heterocycles. The molecule has 0 aliphatic heterocycles. The van der Waals surface area contributed by atoms with E-state index in [9.17, 15) is 18.0 Å². The summed E-state index contributed by atoms with van der Waals surface area (Å²) in [7, 11) is -1.26. The minimum Gasteiger partial charge on any atom is -0.493 e. The van der Waals surface area contributed by atoms with E-state index in [2.05, 4.69) is 17.2 Å². The maximum atomic E-state index is 13.7. The van der Waals surface area contributed by atoms with Crippen molar-refractivity contribution in [2.45, 2.75) is 11.8 Å². The van der Waals surface area contributed by atoms with Gasteiger partial charge in [0, 0.05) is 12.6 Å². The standard InChI is InChI=1S/C27H29N3O6S/c1-5-16-28-27(32)22-8-6-7-9-23(22)29-26(31)18-30(20-12-15-24(35-3)25(17-20)36-4)37(33,34)21-13-10-19(2)11-14-21/h5-15,17H,1,16,18H2,2-4H3,(H,28,32)(H,29,31). The van der Waals surface area contributed by atoms with Crippen LogP contribution in [0.2, 0.25) is 0 Å². The van der Waals surface area contributed by atoms with E-state index < -0.39 is 28.4 Å². The highest BCUT2D eigenvalue weighted by Crippen LogP contribution is 2.34. The number of sulfonamides is 1. The molecule has 3 aromatic rings. The van der Waals surface area contributed by atoms with Crippen molar-refractivity contribution >= 4 is 33.2 Å². The first-order chi connectivity index (χ1) is 17.7. The molecule has 2 amide bonds. The lowest BCUT2D eigenvalue weighted by Crippen LogP contribution is -2.38. The third-order valence-corrected chi connectivity index (χ3v) is 7.19. The molecule has 0 aliphatic rings. The molecule has 37 heavy (non-hydrogen) atoms. The molecule has 0 atom stereocenters. The van der Waals surface area contributed by atoms with Crippen molar-refractivity contribution in [3.8, 4) is 11.5 Å². The number of para-hydroxylation sites is 1. The van der Waals surface area contributed by atoms with Crippen LogP contribution in [-0.2, 0) is 14.8 Å². The molecule has 0 saturated carbocycles. The molecule has 3 rings (SSSR count). The normalized spacial score (nSPS) is 10.8. The van der Waals surface area contributed by atoms with Gasteiger partial charge in [0.25, 0.3) is 15.9 Å². The Kier molecular flexibility index (Phi) is 8.91. The molecule has 194 valence electrons. The van der Waals surface area contributed by atoms with Gasteiger partial charge in [0.2, 0.25) is 5.91 Å². The second-order valence-corrected chi connectivity index (χ2v) is 9.82. The van der Waals surface area contributed by atoms with E-state index in [0.29, 0.717) is 11.5 Å². The van der Waals surface area contributed by atoms with Gasteiger partial charge in [0.15, 0.2) is 11.5 Å². The van der Waals surface area contributed by atoms with E-state index in [1.54, 1.807) is 42.5 Å². The van der Waals surface area contributed by atoms with E-state index >= 15 is 0 Å². The summed E-state index contributed by atoms with van der Waals surface area (Å²) >= 11 is 0. The van der Waals surface area contributed by atoms with E-state index in [-0.39, 0.29) is 28.4 Å². The SMILES string of the molecule is C=CCNC(=O)c1ccccc1NC(=O)CN(c1ccc(OC)c(OC)c1)S(=O)(=O)c1ccc(C)cc1. The van der Waals surface area contributed by atoms with Crippen LogP contribution in [0.15, 0.2) is 84.3 Å². The lowest BCUT2D eigenvalue weighted by Gasteiger charge is -2.25. The van der Waals surface area contributed by atoms with Gasteiger partial charge in [-0.05, 0) is 43.3 Å². The molecular weight excluding hydrogens is 494 g/mol. The minimum atomic E-state index is -4.16. The van der Waals surface area contributed by atoms with Crippen LogP contribution in [0.4, 0.5) is 11.4 Å². The lowest BCUT2D eigenvalue weighted by atomic mass is 10.1. The van der Waals surface area contributed by atoms with Crippen LogP contribution in [0.1, 0.15) is 15.9 Å². The number of carbonyl (C=O) groups is 2. The Bertz CT molecular complexity index is 1390. The zero-order chi connectivity index (χ0) is 27.0. The third kappa shape index (κ3) is 6.47. The average molecular weight is 524 g/mol. The summed E-state index contributed by atoms with van der Waals surface area (Å²) in [4.78, 5) is 25.7. The fourth-order valence-corrected chi connectivity index (χ4v) is 4.92. The Morgan fingerprint density at radius 3 is 2.30 bits per heavy atom. The lowest BCUT2D eigenvalue weighted by molar-refractivity contribution is -0.114. The fraction of sp³-hybridized carbons (Fsp3) is 0.185. The quantitative estimate of drug-likeness (QED) is 0.370. The molecule has 0 fully saturated rings. The number of amides is 2. The van der Waals surface area contributed by atoms with E-state index in [4.69, 9.17) is 9.47 Å². The second kappa shape index (κ2) is 12.1. The van der Waals surface area contributed by atoms with Crippen molar-refractivity contribution in [3.05, 3.63) is 90.5 Å². The topological polar surface area (TPSA) is 114 Å². The number of anilines is 2. The summed E-state index contributed by atoms with van der Waals surface area (Å²) in [6.45, 7) is 5.11. The van der Waals surface area contributed by atoms with Gasteiger partial charge >= 0.3 is 0 Å². The number of nitrogens with zero attached hydrogens (tertiary/aromatic N) is 1. The smallest absolute Gasteiger partial charge is 0.264 e. The van der Waals surface area contributed by atoms with Crippen LogP contribution in [-0.4, -0.2) is 47.5 Å². The first-order valence-electron chi connectivity index (χ1n) is 11.3. The molecule has 9 nitrogen and oxygen atoms in total. The van der Waals surface area contributed by atoms with E-state index in [1.165, 1.54) is 44.6 Å². The number of aryl methyl sites for hydroxylation is 1. The number of benzene rings is 3. The maximum absolute atomic E-state index is 13.7. The monoisotopic (exact) mass is 523 g/mol. The van der Waals surface area contributed by atoms with Gasteiger partial charge in [-0.2, -0.15) is 0 Å². The molecule has 0 spiro atoms. The summed E-state index contributed by atoms with van der Waals surface area (Å²) in [6.07, 6.45) is 1.54. The first kappa shape index (κ1) is 27.3. The Morgan fingerprint density at radius 2 is 1.65 bits per heavy atom. The highest BCUT2D eigenvalue weighted by Gasteiger charge is 2.28. The van der Waals surface area contributed by atoms with Gasteiger partial charge in [-0.3, -0.25) is 13.9 Å². The largest absolute Gasteiger partial charge is 0.493 e. The van der Waals surface area contributed by atoms with Crippen molar-refractivity contribution < 1.29 is 27.5 Å². The molecule has 2 N–H and O–H groups in total. The predicted molar refractivity (Wildman–Crippen MR) is 143 cm³/mol. The van der Waals surface area contributed by atoms with Gasteiger partial charge in [-0.15, -0.1) is 6.58 Å². The Hall–Kier alpha value is -4.31. The van der Waals surface area contributed by atoms with E-state index in [0.717, 1.165) is 9.87 Å². The van der Waals surface area contributed by atoms with Crippen LogP contribution in [0.25, 0.3) is 0 Å². The Balaban J connectivity index is 1.98. The highest BCUT2D eigenvalue weighted by molar-refractivity contribution is 7.92. The van der Waals surface area contributed by atoms with Crippen molar-refractivity contribution in [1.82, 2.24) is 5.32 Å². The number of hydrogen-bond acceptors (Lipinski definition) is 6. The van der Waals surface area contributed by atoms with Crippen LogP contribution in [0.3, 0.4) is 0 Å². The average Bonchev–Trinajstić information content (AvgIpc) is 2.90. The van der Waals surface area contributed by atoms with Crippen LogP contribution in [0, 0.1) is 6.92 Å². The summed E-state index contributed by atoms with van der Waals surface area (Å²) in [6, 6.07) is 17.3. The molecule has 0 aliphatic carbocycles. The Labute approximate surface area is 216 Å². The first-order valence-corrected chi connectivity index (χ1v) is 12.7. The van der Waals surface area contributed by atoms with Gasteiger partial charge in [0.05, 0.1) is 36.1 Å². The zero-order valence-corrected chi connectivity index (χ0v) is 21.7. The third-order valence-electron chi connectivity index (χ3n) is 5.40. The maximum Gasteiger partial charge on any atom is 0.264 e. The Morgan fingerprint density at radius 1 is 0.973 bits per heavy atom. The van der Waals surface area contributed by atoms with Crippen LogP contribution in [0.5, 0.6) is 11.5 Å². The number of carbonyl (C=O) groups excluding carboxylic acids is 2. The second-order valence-electron chi connectivity index (χ2n) is 7.96. The molecule has 0 unspecified atom stereocenters. The molecule has 0 radical (unpaired) electrons. The number of methoxy groups -OCH3 is 2. The van der Waals surface area contributed by atoms with E-state index in [1.807, 2.05) is 6.92 Å². The van der Waals surface area contributed by atoms with Gasteiger partial charge in [-0.1, -0.05) is 35.9 Å². The van der Waals surface area contributed by atoms with Crippen LogP contribution < -0.4 is 24.4 Å². The summed E-state index contributed by atoms with van der Waals surface area (Å²) in [5.74, 6) is -0.342. The summed E-state index contributed by atoms with van der Waals surface area (Å²) in [5, 5.41) is 5.33. The van der Waals surface area contributed by atoms with Crippen molar-refractivity contribution in [3.63, 3.8) is 0 Å². The summed E-state index contributed by atoms with van der Waals surface area (Å²) < 4.78 is 38.9. The minimum absolute atomic E-state index is 0.0184. The number of hydrogen-bond donors (Lipinski definition) is 2. The number of ether oxygens (including phenoxy) is 2. The molecule has 0 bridgehead atoms. The highest BCUT2D eigenvalue weighted by atomic mass is 32.2. The van der Waals surface area contributed by atoms with Gasteiger partial charge in [-0.25, -0.2) is 8.42 Å². The number of nitrogens with one attached hydrogen (secondary N) is 2. The van der Waals surface area contributed by atoms with Gasteiger partial charge < -0.3 is 20.1 Å². The molecular formula is C27H29N3O6S. The van der Waals surface area contributed by atoms with Crippen molar-refractivity contribution in [2.75, 3.05) is 36.9 Å². The van der Waals surface area contributed by atoms with Crippen molar-refractivity contribution in [1.29, 1.82) is 0 Å². The molecule has 0 saturated heterocycles. The number of rotatable bonds is 11. The van der Waals surface area contributed by atoms with Gasteiger partial charge in [0.1, 0.15) is 6.54 Å². The predicted octanol–water partition coefficient (Wildman–Crippen LogP) is 3.76. The molecule has 3 aromatic carbocycles.